The Kier molecular flexibility index (Phi) is 2.69. The third kappa shape index (κ3) is 1.83. The molecule has 0 fully saturated rings. The zero-order valence-electron chi connectivity index (χ0n) is 9.43. The molecule has 0 amide bonds. The van der Waals surface area contributed by atoms with Gasteiger partial charge >= 0.3 is 0 Å². The number of hydrogen-bond acceptors (Lipinski definition) is 3. The predicted octanol–water partition coefficient (Wildman–Crippen LogP) is 3.34. The van der Waals surface area contributed by atoms with Crippen molar-refractivity contribution in [3.05, 3.63) is 41.0 Å². The Morgan fingerprint density at radius 1 is 1.17 bits per heavy atom. The number of rotatable bonds is 1. The van der Waals surface area contributed by atoms with Crippen LogP contribution in [0.25, 0.3) is 22.3 Å². The maximum atomic E-state index is 5.90. The van der Waals surface area contributed by atoms with Crippen LogP contribution in [0.15, 0.2) is 30.6 Å². The molecule has 3 heterocycles. The van der Waals surface area contributed by atoms with E-state index in [0.29, 0.717) is 5.15 Å². The van der Waals surface area contributed by atoms with Gasteiger partial charge in [-0.15, -0.1) is 0 Å². The van der Waals surface area contributed by atoms with E-state index in [2.05, 4.69) is 15.0 Å². The average Bonchev–Trinajstić information content (AvgIpc) is 2.67. The Balaban J connectivity index is 2.27. The lowest BCUT2D eigenvalue weighted by Gasteiger charge is -2.03. The van der Waals surface area contributed by atoms with Crippen LogP contribution < -0.4 is 0 Å². The van der Waals surface area contributed by atoms with Gasteiger partial charge in [-0.05, 0) is 29.8 Å². The van der Waals surface area contributed by atoms with Gasteiger partial charge in [0.15, 0.2) is 0 Å². The standard InChI is InChI=1S/C12H8Cl2N4/c1-18-9-5-11(13)16-6-7(9)4-10(18)8-2-3-15-12(14)17-8/h2-6H,1H3. The molecule has 3 rings (SSSR count). The lowest BCUT2D eigenvalue weighted by atomic mass is 10.3. The molecule has 0 N–H and O–H groups in total. The molecule has 0 bridgehead atoms. The number of pyridine rings is 1. The Labute approximate surface area is 113 Å². The predicted molar refractivity (Wildman–Crippen MR) is 71.8 cm³/mol. The molecular formula is C12H8Cl2N4. The molecule has 0 aliphatic carbocycles. The van der Waals surface area contributed by atoms with Crippen molar-refractivity contribution >= 4 is 34.1 Å². The maximum Gasteiger partial charge on any atom is 0.222 e. The summed E-state index contributed by atoms with van der Waals surface area (Å²) in [7, 11) is 1.95. The number of hydrogen-bond donors (Lipinski definition) is 0. The van der Waals surface area contributed by atoms with Crippen molar-refractivity contribution in [2.24, 2.45) is 7.05 Å². The van der Waals surface area contributed by atoms with Crippen LogP contribution in [0.3, 0.4) is 0 Å². The molecule has 0 radical (unpaired) electrons. The lowest BCUT2D eigenvalue weighted by Crippen LogP contribution is -1.94. The highest BCUT2D eigenvalue weighted by Crippen LogP contribution is 2.27. The molecule has 0 atom stereocenters. The third-order valence-electron chi connectivity index (χ3n) is 2.78. The topological polar surface area (TPSA) is 43.6 Å². The van der Waals surface area contributed by atoms with Gasteiger partial charge in [-0.25, -0.2) is 15.0 Å². The van der Waals surface area contributed by atoms with E-state index in [1.165, 1.54) is 0 Å². The molecule has 90 valence electrons. The van der Waals surface area contributed by atoms with Crippen molar-refractivity contribution in [3.63, 3.8) is 0 Å². The zero-order chi connectivity index (χ0) is 12.7. The average molecular weight is 279 g/mol. The molecule has 3 aromatic rings. The van der Waals surface area contributed by atoms with E-state index in [1.807, 2.05) is 29.8 Å². The summed E-state index contributed by atoms with van der Waals surface area (Å²) >= 11 is 11.7. The van der Waals surface area contributed by atoms with Crippen LogP contribution in [0.5, 0.6) is 0 Å². The first-order valence-electron chi connectivity index (χ1n) is 5.25. The summed E-state index contributed by atoms with van der Waals surface area (Å²) in [6.07, 6.45) is 3.37. The number of nitrogens with zero attached hydrogens (tertiary/aromatic N) is 4. The van der Waals surface area contributed by atoms with Gasteiger partial charge in [0.2, 0.25) is 5.28 Å². The van der Waals surface area contributed by atoms with Gasteiger partial charge in [0.05, 0.1) is 16.9 Å². The Bertz CT molecular complexity index is 736. The molecule has 0 aromatic carbocycles. The van der Waals surface area contributed by atoms with Crippen LogP contribution >= 0.6 is 23.2 Å². The maximum absolute atomic E-state index is 5.90. The summed E-state index contributed by atoms with van der Waals surface area (Å²) in [6, 6.07) is 5.63. The summed E-state index contributed by atoms with van der Waals surface area (Å²) < 4.78 is 2.00. The molecule has 18 heavy (non-hydrogen) atoms. The SMILES string of the molecule is Cn1c(-c2ccnc(Cl)n2)cc2cnc(Cl)cc21. The van der Waals surface area contributed by atoms with Crippen molar-refractivity contribution in [1.29, 1.82) is 0 Å². The Morgan fingerprint density at radius 3 is 2.78 bits per heavy atom. The molecule has 6 heteroatoms. The normalized spacial score (nSPS) is 11.1. The van der Waals surface area contributed by atoms with Crippen LogP contribution in [0, 0.1) is 0 Å². The van der Waals surface area contributed by atoms with Crippen molar-refractivity contribution < 1.29 is 0 Å². The minimum atomic E-state index is 0.230. The first kappa shape index (κ1) is 11.4. The smallest absolute Gasteiger partial charge is 0.222 e. The molecule has 0 aliphatic rings. The van der Waals surface area contributed by atoms with E-state index in [9.17, 15) is 0 Å². The minimum absolute atomic E-state index is 0.230. The highest BCUT2D eigenvalue weighted by molar-refractivity contribution is 6.30. The van der Waals surface area contributed by atoms with Gasteiger partial charge in [-0.3, -0.25) is 0 Å². The molecule has 0 unspecified atom stereocenters. The lowest BCUT2D eigenvalue weighted by molar-refractivity contribution is 0.966. The van der Waals surface area contributed by atoms with E-state index in [-0.39, 0.29) is 5.28 Å². The van der Waals surface area contributed by atoms with E-state index >= 15 is 0 Å². The van der Waals surface area contributed by atoms with Crippen molar-refractivity contribution in [2.75, 3.05) is 0 Å². The second-order valence-electron chi connectivity index (χ2n) is 3.87. The summed E-state index contributed by atoms with van der Waals surface area (Å²) in [4.78, 5) is 12.1. The van der Waals surface area contributed by atoms with E-state index in [1.54, 1.807) is 12.4 Å². The summed E-state index contributed by atoms with van der Waals surface area (Å²) in [6.45, 7) is 0. The third-order valence-corrected chi connectivity index (χ3v) is 3.17. The minimum Gasteiger partial charge on any atom is -0.342 e. The zero-order valence-corrected chi connectivity index (χ0v) is 10.9. The highest BCUT2D eigenvalue weighted by atomic mass is 35.5. The summed E-state index contributed by atoms with van der Waals surface area (Å²) in [5, 5.41) is 1.71. The second kappa shape index (κ2) is 4.23. The van der Waals surface area contributed by atoms with E-state index in [4.69, 9.17) is 23.2 Å². The highest BCUT2D eigenvalue weighted by Gasteiger charge is 2.10. The quantitative estimate of drug-likeness (QED) is 0.507. The Morgan fingerprint density at radius 2 is 2.00 bits per heavy atom. The van der Waals surface area contributed by atoms with Gasteiger partial charge < -0.3 is 4.57 Å². The summed E-state index contributed by atoms with van der Waals surface area (Å²) in [5.74, 6) is 0. The van der Waals surface area contributed by atoms with Gasteiger partial charge in [0.1, 0.15) is 5.15 Å². The number of aryl methyl sites for hydroxylation is 1. The van der Waals surface area contributed by atoms with Crippen LogP contribution in [-0.4, -0.2) is 19.5 Å². The van der Waals surface area contributed by atoms with E-state index < -0.39 is 0 Å². The van der Waals surface area contributed by atoms with Crippen LogP contribution in [0.1, 0.15) is 0 Å². The fourth-order valence-corrected chi connectivity index (χ4v) is 2.23. The van der Waals surface area contributed by atoms with Gasteiger partial charge in [-0.1, -0.05) is 11.6 Å². The largest absolute Gasteiger partial charge is 0.342 e. The van der Waals surface area contributed by atoms with Crippen LogP contribution in [0.4, 0.5) is 0 Å². The Hall–Kier alpha value is -1.65. The molecular weight excluding hydrogens is 271 g/mol. The van der Waals surface area contributed by atoms with Crippen LogP contribution in [0.2, 0.25) is 10.4 Å². The van der Waals surface area contributed by atoms with Crippen molar-refractivity contribution in [1.82, 2.24) is 19.5 Å². The first-order chi connectivity index (χ1) is 8.65. The number of halogens is 2. The number of aromatic nitrogens is 4. The molecule has 4 nitrogen and oxygen atoms in total. The molecule has 0 spiro atoms. The van der Waals surface area contributed by atoms with Gasteiger partial charge in [0, 0.05) is 24.8 Å². The molecule has 0 saturated carbocycles. The van der Waals surface area contributed by atoms with E-state index in [0.717, 1.165) is 22.3 Å². The molecule has 0 aliphatic heterocycles. The van der Waals surface area contributed by atoms with Gasteiger partial charge in [-0.2, -0.15) is 0 Å². The first-order valence-corrected chi connectivity index (χ1v) is 6.00. The van der Waals surface area contributed by atoms with Gasteiger partial charge in [0.25, 0.3) is 0 Å². The molecule has 0 saturated heterocycles. The fourth-order valence-electron chi connectivity index (χ4n) is 1.93. The second-order valence-corrected chi connectivity index (χ2v) is 4.59. The number of fused-ring (bicyclic) bond motifs is 1. The van der Waals surface area contributed by atoms with Crippen molar-refractivity contribution in [3.8, 4) is 11.4 Å². The van der Waals surface area contributed by atoms with Crippen molar-refractivity contribution in [2.45, 2.75) is 0 Å². The molecule has 3 aromatic heterocycles. The fraction of sp³-hybridized carbons (Fsp3) is 0.0833. The summed E-state index contributed by atoms with van der Waals surface area (Å²) in [5.41, 5.74) is 2.71. The van der Waals surface area contributed by atoms with Crippen LogP contribution in [-0.2, 0) is 7.05 Å². The monoisotopic (exact) mass is 278 g/mol.